The van der Waals surface area contributed by atoms with E-state index in [1.54, 1.807) is 0 Å². The van der Waals surface area contributed by atoms with Gasteiger partial charge < -0.3 is 14.4 Å². The average Bonchev–Trinajstić information content (AvgIpc) is 0.732. The normalized spacial score (nSPS) is 12.5. The highest BCUT2D eigenvalue weighted by Gasteiger charge is 2.48. The number of aromatic nitrogens is 1. The molecule has 2 aliphatic rings. The second kappa shape index (κ2) is 23.6. The molecule has 0 saturated heterocycles. The first kappa shape index (κ1) is 56.9. The number of rotatable bonds is 13. The van der Waals surface area contributed by atoms with Crippen molar-refractivity contribution in [2.24, 2.45) is 0 Å². The zero-order valence-corrected chi connectivity index (χ0v) is 54.9. The van der Waals surface area contributed by atoms with Crippen molar-refractivity contribution in [2.45, 2.75) is 0 Å². The van der Waals surface area contributed by atoms with Gasteiger partial charge in [0, 0.05) is 44.8 Å². The van der Waals surface area contributed by atoms with Crippen LogP contribution in [0, 0.1) is 0 Å². The summed E-state index contributed by atoms with van der Waals surface area (Å²) < 4.78 is 2.52. The number of nitrogens with zero attached hydrogens (tertiary/aromatic N) is 3. The molecule has 0 unspecified atom stereocenters. The van der Waals surface area contributed by atoms with E-state index in [-0.39, 0.29) is 6.71 Å². The third-order valence-corrected chi connectivity index (χ3v) is 30.0. The van der Waals surface area contributed by atoms with Gasteiger partial charge in [0.25, 0.3) is 6.71 Å². The molecule has 0 spiro atoms. The van der Waals surface area contributed by atoms with Crippen LogP contribution in [0.5, 0.6) is 0 Å². The number of para-hydroxylation sites is 3. The Balaban J connectivity index is 0.976. The molecule has 0 bridgehead atoms. The van der Waals surface area contributed by atoms with Crippen molar-refractivity contribution in [1.82, 2.24) is 4.57 Å². The van der Waals surface area contributed by atoms with E-state index in [0.717, 1.165) is 62.0 Å². The lowest BCUT2D eigenvalue weighted by atomic mass is 9.33. The Labute approximate surface area is 563 Å². The predicted octanol–water partition coefficient (Wildman–Crippen LogP) is 15.0. The average molecular weight is 1250 g/mol. The number of fused-ring (bicyclic) bond motifs is 7. The van der Waals surface area contributed by atoms with E-state index in [1.807, 2.05) is 0 Å². The highest BCUT2D eigenvalue weighted by Crippen LogP contribution is 2.48. The van der Waals surface area contributed by atoms with E-state index >= 15 is 0 Å². The fourth-order valence-electron chi connectivity index (χ4n) is 16.4. The quantitative estimate of drug-likeness (QED) is 0.0842. The number of hydrogen-bond donors (Lipinski definition) is 0. The van der Waals surface area contributed by atoms with Gasteiger partial charge in [0.05, 0.1) is 22.4 Å². The summed E-state index contributed by atoms with van der Waals surface area (Å²) in [6, 6.07) is 147. The Hall–Kier alpha value is -11.8. The molecule has 18 rings (SSSR count). The van der Waals surface area contributed by atoms with E-state index in [9.17, 15) is 0 Å². The molecule has 16 aromatic rings. The minimum Gasteiger partial charge on any atom is -0.311 e. The number of benzene rings is 15. The van der Waals surface area contributed by atoms with Gasteiger partial charge >= 0.3 is 0 Å². The van der Waals surface area contributed by atoms with Crippen molar-refractivity contribution >= 4 is 137 Å². The summed E-state index contributed by atoms with van der Waals surface area (Å²) >= 11 is 0. The maximum absolute atomic E-state index is 3.10. The first-order valence-electron chi connectivity index (χ1n) is 33.3. The Morgan fingerprint density at radius 1 is 0.219 bits per heavy atom. The van der Waals surface area contributed by atoms with E-state index < -0.39 is 16.1 Å². The van der Waals surface area contributed by atoms with Crippen molar-refractivity contribution in [3.8, 4) is 27.9 Å². The second-order valence-corrected chi connectivity index (χ2v) is 33.0. The molecule has 0 N–H and O–H groups in total. The Bertz CT molecular complexity index is 5280. The summed E-state index contributed by atoms with van der Waals surface area (Å²) in [7, 11) is -6.01. The van der Waals surface area contributed by atoms with Crippen LogP contribution in [0.4, 0.5) is 34.1 Å². The summed E-state index contributed by atoms with van der Waals surface area (Å²) in [5, 5.41) is 13.1. The van der Waals surface area contributed by atoms with Crippen LogP contribution >= 0.6 is 0 Å². The van der Waals surface area contributed by atoms with Gasteiger partial charge in [0.15, 0.2) is 16.1 Å². The van der Waals surface area contributed by atoms with Gasteiger partial charge in [-0.05, 0) is 129 Å². The maximum Gasteiger partial charge on any atom is 0.252 e. The van der Waals surface area contributed by atoms with E-state index in [1.165, 1.54) is 79.8 Å². The van der Waals surface area contributed by atoms with E-state index in [2.05, 4.69) is 403 Å². The summed E-state index contributed by atoms with van der Waals surface area (Å²) in [5.74, 6) is 0. The fourth-order valence-corrected chi connectivity index (χ4v) is 25.9. The number of anilines is 6. The second-order valence-electron chi connectivity index (χ2n) is 25.4. The van der Waals surface area contributed by atoms with Gasteiger partial charge in [0.2, 0.25) is 0 Å². The van der Waals surface area contributed by atoms with Crippen molar-refractivity contribution in [1.29, 1.82) is 0 Å². The molecule has 0 radical (unpaired) electrons. The highest BCUT2D eigenvalue weighted by atomic mass is 28.3. The molecule has 0 aliphatic carbocycles. The van der Waals surface area contributed by atoms with Crippen LogP contribution in [0.2, 0.25) is 0 Å². The minimum absolute atomic E-state index is 0.227. The van der Waals surface area contributed by atoms with Gasteiger partial charge in [-0.15, -0.1) is 0 Å². The Morgan fingerprint density at radius 3 is 1.08 bits per heavy atom. The Morgan fingerprint density at radius 2 is 0.583 bits per heavy atom. The topological polar surface area (TPSA) is 11.4 Å². The first-order chi connectivity index (χ1) is 47.7. The lowest BCUT2D eigenvalue weighted by Crippen LogP contribution is -2.75. The third kappa shape index (κ3) is 9.01. The van der Waals surface area contributed by atoms with Crippen molar-refractivity contribution in [3.63, 3.8) is 0 Å². The minimum atomic E-state index is -3.10. The van der Waals surface area contributed by atoms with Crippen LogP contribution in [-0.4, -0.2) is 27.4 Å². The van der Waals surface area contributed by atoms with Crippen LogP contribution in [0.25, 0.3) is 49.7 Å². The molecule has 6 heteroatoms. The molecule has 0 fully saturated rings. The smallest absolute Gasteiger partial charge is 0.252 e. The summed E-state index contributed by atoms with van der Waals surface area (Å²) in [4.78, 5) is 5.25. The molecular weight excluding hydrogens is 1190 g/mol. The van der Waals surface area contributed by atoms with Gasteiger partial charge in [-0.25, -0.2) is 0 Å². The van der Waals surface area contributed by atoms with Crippen LogP contribution in [-0.2, 0) is 0 Å². The zero-order valence-electron chi connectivity index (χ0n) is 52.9. The van der Waals surface area contributed by atoms with Gasteiger partial charge in [0.1, 0.15) is 0 Å². The predicted molar refractivity (Wildman–Crippen MR) is 413 cm³/mol. The fraction of sp³-hybridized carbons (Fsp3) is 0. The van der Waals surface area contributed by atoms with Crippen molar-refractivity contribution in [3.05, 3.63) is 388 Å². The van der Waals surface area contributed by atoms with Crippen molar-refractivity contribution in [2.75, 3.05) is 9.80 Å². The molecule has 0 atom stereocenters. The SMILES string of the molecule is c1ccc(-c2ccc3c(c2)B2c4cc([Si](c5ccccc5)(c5ccccc5)c5ccccc5)ccc4N(c4ccccc4-c4ccccc4)c4cc(-n5c6ccccc6c6ccccc65)cc(c42)N3c2ccc([Si](c3ccccc3)(c3ccccc3)c3ccccc3)cc2)cc1. The molecule has 0 saturated carbocycles. The molecule has 96 heavy (non-hydrogen) atoms. The molecule has 3 heterocycles. The van der Waals surface area contributed by atoms with E-state index in [0.29, 0.717) is 0 Å². The van der Waals surface area contributed by atoms with Crippen LogP contribution in [0.3, 0.4) is 0 Å². The number of hydrogen-bond acceptors (Lipinski definition) is 2. The van der Waals surface area contributed by atoms with Gasteiger partial charge in [-0.3, -0.25) is 0 Å². The van der Waals surface area contributed by atoms with Crippen LogP contribution in [0.1, 0.15) is 0 Å². The third-order valence-electron chi connectivity index (χ3n) is 20.5. The lowest BCUT2D eigenvalue weighted by molar-refractivity contribution is 1.16. The Kier molecular flexibility index (Phi) is 14.0. The zero-order chi connectivity index (χ0) is 63.6. The molecule has 450 valence electrons. The monoisotopic (exact) mass is 1250 g/mol. The van der Waals surface area contributed by atoms with Crippen LogP contribution < -0.4 is 67.7 Å². The molecule has 0 amide bonds. The van der Waals surface area contributed by atoms with Crippen LogP contribution in [0.15, 0.2) is 388 Å². The van der Waals surface area contributed by atoms with Gasteiger partial charge in [-0.1, -0.05) is 334 Å². The largest absolute Gasteiger partial charge is 0.311 e. The molecule has 3 nitrogen and oxygen atoms in total. The molecule has 1 aromatic heterocycles. The molecule has 15 aromatic carbocycles. The maximum atomic E-state index is 2.66. The molecular formula is C90H64BN3Si2. The summed E-state index contributed by atoms with van der Waals surface area (Å²) in [6.45, 7) is -0.227. The van der Waals surface area contributed by atoms with Gasteiger partial charge in [-0.2, -0.15) is 0 Å². The standard InChI is InChI=1S/C90H64BN3Si2/c1-9-31-65(32-10-1)67-53-59-86-81(61-67)91-82-64-77(96(73-41-19-6-20-42-73,74-43-21-7-22-44-74)75-45-23-8-24-46-75)58-60-87(82)94(83-50-28-25-47-78(83)66-33-11-2-12-34-66)89-63-69(93-84-51-29-26-48-79(84)80-49-27-30-52-85(80)93)62-88(90(89)91)92(86)68-54-56-76(57-55-68)95(70-35-13-3-14-36-70,71-37-15-4-16-38-71)72-39-17-5-18-40-72/h1-64H. The van der Waals surface area contributed by atoms with E-state index in [4.69, 9.17) is 0 Å². The lowest BCUT2D eigenvalue weighted by Gasteiger charge is -2.45. The summed E-state index contributed by atoms with van der Waals surface area (Å²) in [6.07, 6.45) is 0. The highest BCUT2D eigenvalue weighted by molar-refractivity contribution is 7.20. The van der Waals surface area contributed by atoms with Crippen molar-refractivity contribution < 1.29 is 0 Å². The summed E-state index contributed by atoms with van der Waals surface area (Å²) in [5.41, 5.74) is 18.6. The first-order valence-corrected chi connectivity index (χ1v) is 37.3. The molecule has 2 aliphatic heterocycles.